The van der Waals surface area contributed by atoms with Crippen LogP contribution in [0.15, 0.2) is 42.5 Å². The standard InChI is InChI=1S/C17H18O/c1-16(2)9-8-15(18)17(12-16)10-7-13-5-3-4-6-14(13)11-17/h3-10H,11-12H2,1-2H3. The Morgan fingerprint density at radius 3 is 2.67 bits per heavy atom. The van der Waals surface area contributed by atoms with Crippen molar-refractivity contribution in [1.82, 2.24) is 0 Å². The summed E-state index contributed by atoms with van der Waals surface area (Å²) >= 11 is 0. The van der Waals surface area contributed by atoms with Crippen molar-refractivity contribution in [3.05, 3.63) is 53.6 Å². The topological polar surface area (TPSA) is 17.1 Å². The van der Waals surface area contributed by atoms with Gasteiger partial charge in [-0.2, -0.15) is 0 Å². The van der Waals surface area contributed by atoms with Crippen molar-refractivity contribution >= 4 is 11.9 Å². The van der Waals surface area contributed by atoms with E-state index in [0.717, 1.165) is 12.8 Å². The predicted molar refractivity (Wildman–Crippen MR) is 74.2 cm³/mol. The third kappa shape index (κ3) is 1.74. The molecule has 2 aliphatic rings. The predicted octanol–water partition coefficient (Wildman–Crippen LogP) is 3.80. The van der Waals surface area contributed by atoms with Gasteiger partial charge in [0.1, 0.15) is 0 Å². The molecule has 1 spiro atoms. The normalized spacial score (nSPS) is 28.4. The number of allylic oxidation sites excluding steroid dienone is 3. The lowest BCUT2D eigenvalue weighted by Gasteiger charge is -2.40. The molecule has 0 aliphatic heterocycles. The summed E-state index contributed by atoms with van der Waals surface area (Å²) in [4.78, 5) is 12.3. The Morgan fingerprint density at radius 1 is 1.06 bits per heavy atom. The molecule has 0 saturated carbocycles. The average molecular weight is 238 g/mol. The molecule has 0 saturated heterocycles. The fraction of sp³-hybridized carbons (Fsp3) is 0.353. The second-order valence-corrected chi connectivity index (χ2v) is 6.23. The van der Waals surface area contributed by atoms with Crippen molar-refractivity contribution in [2.45, 2.75) is 26.7 Å². The van der Waals surface area contributed by atoms with Gasteiger partial charge in [-0.3, -0.25) is 4.79 Å². The van der Waals surface area contributed by atoms with E-state index in [4.69, 9.17) is 0 Å². The van der Waals surface area contributed by atoms with Crippen molar-refractivity contribution < 1.29 is 4.79 Å². The number of ketones is 1. The summed E-state index contributed by atoms with van der Waals surface area (Å²) in [5.74, 6) is 0.257. The van der Waals surface area contributed by atoms with Gasteiger partial charge in [-0.05, 0) is 35.5 Å². The van der Waals surface area contributed by atoms with Crippen LogP contribution in [0, 0.1) is 10.8 Å². The van der Waals surface area contributed by atoms with Crippen molar-refractivity contribution in [3.63, 3.8) is 0 Å². The van der Waals surface area contributed by atoms with E-state index in [1.807, 2.05) is 6.07 Å². The summed E-state index contributed by atoms with van der Waals surface area (Å²) in [7, 11) is 0. The van der Waals surface area contributed by atoms with E-state index in [0.29, 0.717) is 0 Å². The van der Waals surface area contributed by atoms with Crippen LogP contribution in [-0.4, -0.2) is 5.78 Å². The number of hydrogen-bond donors (Lipinski definition) is 0. The van der Waals surface area contributed by atoms with Gasteiger partial charge in [-0.15, -0.1) is 0 Å². The number of rotatable bonds is 0. The third-order valence-corrected chi connectivity index (χ3v) is 4.09. The van der Waals surface area contributed by atoms with E-state index >= 15 is 0 Å². The van der Waals surface area contributed by atoms with Crippen molar-refractivity contribution in [2.24, 2.45) is 10.8 Å². The SMILES string of the molecule is CC1(C)C=CC(=O)C2(C=Cc3ccccc3C2)C1. The number of hydrogen-bond acceptors (Lipinski definition) is 1. The first-order chi connectivity index (χ1) is 8.51. The summed E-state index contributed by atoms with van der Waals surface area (Å²) in [6, 6.07) is 8.36. The van der Waals surface area contributed by atoms with Crippen molar-refractivity contribution in [2.75, 3.05) is 0 Å². The molecule has 1 atom stereocenters. The zero-order valence-electron chi connectivity index (χ0n) is 10.9. The highest BCUT2D eigenvalue weighted by Gasteiger charge is 2.43. The Hall–Kier alpha value is -1.63. The maximum absolute atomic E-state index is 12.3. The van der Waals surface area contributed by atoms with Crippen LogP contribution < -0.4 is 0 Å². The molecule has 0 amide bonds. The molecule has 0 N–H and O–H groups in total. The minimum atomic E-state index is -0.313. The molecule has 1 nitrogen and oxygen atoms in total. The second kappa shape index (κ2) is 3.68. The first-order valence-electron chi connectivity index (χ1n) is 6.52. The molecule has 3 rings (SSSR count). The van der Waals surface area contributed by atoms with Gasteiger partial charge in [0.2, 0.25) is 0 Å². The summed E-state index contributed by atoms with van der Waals surface area (Å²) < 4.78 is 0. The van der Waals surface area contributed by atoms with Gasteiger partial charge >= 0.3 is 0 Å². The molecule has 0 radical (unpaired) electrons. The third-order valence-electron chi connectivity index (χ3n) is 4.09. The van der Waals surface area contributed by atoms with Gasteiger partial charge in [0.25, 0.3) is 0 Å². The van der Waals surface area contributed by atoms with Crippen LogP contribution in [0.3, 0.4) is 0 Å². The highest BCUT2D eigenvalue weighted by atomic mass is 16.1. The fourth-order valence-corrected chi connectivity index (χ4v) is 3.22. The largest absolute Gasteiger partial charge is 0.294 e. The summed E-state index contributed by atoms with van der Waals surface area (Å²) in [5.41, 5.74) is 2.33. The van der Waals surface area contributed by atoms with Gasteiger partial charge in [-0.25, -0.2) is 0 Å². The van der Waals surface area contributed by atoms with Gasteiger partial charge < -0.3 is 0 Å². The summed E-state index contributed by atoms with van der Waals surface area (Å²) in [5, 5.41) is 0. The maximum Gasteiger partial charge on any atom is 0.165 e. The molecule has 2 aliphatic carbocycles. The van der Waals surface area contributed by atoms with Crippen molar-refractivity contribution in [3.8, 4) is 0 Å². The Morgan fingerprint density at radius 2 is 1.83 bits per heavy atom. The first kappa shape index (κ1) is 11.5. The molecular formula is C17H18O. The van der Waals surface area contributed by atoms with E-state index < -0.39 is 0 Å². The lowest BCUT2D eigenvalue weighted by atomic mass is 9.62. The average Bonchev–Trinajstić information content (AvgIpc) is 2.34. The highest BCUT2D eigenvalue weighted by molar-refractivity contribution is 5.98. The Bertz CT molecular complexity index is 563. The Labute approximate surface area is 108 Å². The number of fused-ring (bicyclic) bond motifs is 1. The first-order valence-corrected chi connectivity index (χ1v) is 6.52. The monoisotopic (exact) mass is 238 g/mol. The van der Waals surface area contributed by atoms with Gasteiger partial charge in [0.15, 0.2) is 5.78 Å². The van der Waals surface area contributed by atoms with Crippen LogP contribution in [0.1, 0.15) is 31.4 Å². The van der Waals surface area contributed by atoms with Crippen LogP contribution in [-0.2, 0) is 11.2 Å². The van der Waals surface area contributed by atoms with Crippen LogP contribution in [0.4, 0.5) is 0 Å². The van der Waals surface area contributed by atoms with Gasteiger partial charge in [-0.1, -0.05) is 56.3 Å². The second-order valence-electron chi connectivity index (χ2n) is 6.23. The highest BCUT2D eigenvalue weighted by Crippen LogP contribution is 2.46. The van der Waals surface area contributed by atoms with Crippen LogP contribution in [0.25, 0.3) is 6.08 Å². The summed E-state index contributed by atoms with van der Waals surface area (Å²) in [6.07, 6.45) is 9.82. The molecule has 1 unspecified atom stereocenters. The number of carbonyl (C=O) groups is 1. The van der Waals surface area contributed by atoms with E-state index in [1.54, 1.807) is 6.08 Å². The molecule has 1 heteroatoms. The Balaban J connectivity index is 2.05. The Kier molecular flexibility index (Phi) is 2.34. The fourth-order valence-electron chi connectivity index (χ4n) is 3.22. The summed E-state index contributed by atoms with van der Waals surface area (Å²) in [6.45, 7) is 4.40. The van der Waals surface area contributed by atoms with Crippen molar-refractivity contribution in [1.29, 1.82) is 0 Å². The molecule has 0 heterocycles. The quantitative estimate of drug-likeness (QED) is 0.672. The maximum atomic E-state index is 12.3. The molecular weight excluding hydrogens is 220 g/mol. The van der Waals surface area contributed by atoms with Gasteiger partial charge in [0, 0.05) is 0 Å². The lowest BCUT2D eigenvalue weighted by Crippen LogP contribution is -2.39. The number of carbonyl (C=O) groups excluding carboxylic acids is 1. The van der Waals surface area contributed by atoms with E-state index in [1.165, 1.54) is 11.1 Å². The van der Waals surface area contributed by atoms with E-state index in [2.05, 4.69) is 50.3 Å². The zero-order valence-corrected chi connectivity index (χ0v) is 10.9. The van der Waals surface area contributed by atoms with Crippen LogP contribution in [0.2, 0.25) is 0 Å². The van der Waals surface area contributed by atoms with Crippen LogP contribution >= 0.6 is 0 Å². The number of benzene rings is 1. The lowest BCUT2D eigenvalue weighted by molar-refractivity contribution is -0.123. The van der Waals surface area contributed by atoms with Crippen LogP contribution in [0.5, 0.6) is 0 Å². The van der Waals surface area contributed by atoms with Gasteiger partial charge in [0.05, 0.1) is 5.41 Å². The van der Waals surface area contributed by atoms with E-state index in [9.17, 15) is 4.79 Å². The minimum Gasteiger partial charge on any atom is -0.294 e. The molecule has 0 bridgehead atoms. The molecule has 1 aromatic carbocycles. The van der Waals surface area contributed by atoms with E-state index in [-0.39, 0.29) is 16.6 Å². The molecule has 1 aromatic rings. The molecule has 92 valence electrons. The smallest absolute Gasteiger partial charge is 0.165 e. The molecule has 0 fully saturated rings. The minimum absolute atomic E-state index is 0.102. The molecule has 18 heavy (non-hydrogen) atoms. The zero-order chi connectivity index (χ0) is 12.8. The molecule has 0 aromatic heterocycles.